The largest absolute Gasteiger partial charge is 1.00 e. The van der Waals surface area contributed by atoms with Gasteiger partial charge in [-0.05, 0) is 30.4 Å². The summed E-state index contributed by atoms with van der Waals surface area (Å²) >= 11 is 0. The van der Waals surface area contributed by atoms with E-state index in [0.29, 0.717) is 11.3 Å². The molecule has 5 heteroatoms. The Morgan fingerprint density at radius 3 is 2.58 bits per heavy atom. The summed E-state index contributed by atoms with van der Waals surface area (Å²) in [4.78, 5) is 14.5. The molecule has 1 aromatic heterocycles. The summed E-state index contributed by atoms with van der Waals surface area (Å²) in [5, 5.41) is 18.4. The fourth-order valence-electron chi connectivity index (χ4n) is 1.58. The molecular formula is C14H12N3O2+. The lowest BCUT2D eigenvalue weighted by Gasteiger charge is -1.95. The molecule has 2 aromatic rings. The highest BCUT2D eigenvalue weighted by molar-refractivity contribution is 5.72. The van der Waals surface area contributed by atoms with E-state index in [1.807, 2.05) is 0 Å². The van der Waals surface area contributed by atoms with Gasteiger partial charge in [0.05, 0.1) is 16.2 Å². The summed E-state index contributed by atoms with van der Waals surface area (Å²) in [6.07, 6.45) is 3.28. The zero-order chi connectivity index (χ0) is 13.7. The van der Waals surface area contributed by atoms with Crippen molar-refractivity contribution in [1.29, 1.82) is 5.41 Å². The molecule has 1 aromatic carbocycles. The van der Waals surface area contributed by atoms with Gasteiger partial charge in [0.15, 0.2) is 0 Å². The van der Waals surface area contributed by atoms with Crippen molar-refractivity contribution >= 4 is 17.8 Å². The first-order chi connectivity index (χ1) is 9.16. The molecule has 0 saturated heterocycles. The molecule has 0 aliphatic rings. The SMILES string of the molecule is N=c1ccccc(C=Cc2ccccc2[N+](=O)[O-])n1.[H+]. The van der Waals surface area contributed by atoms with Crippen molar-refractivity contribution in [1.82, 2.24) is 4.98 Å². The van der Waals surface area contributed by atoms with Crippen molar-refractivity contribution in [2.24, 2.45) is 0 Å². The summed E-state index contributed by atoms with van der Waals surface area (Å²) < 4.78 is 0. The van der Waals surface area contributed by atoms with Gasteiger partial charge in [-0.1, -0.05) is 24.3 Å². The zero-order valence-corrected chi connectivity index (χ0v) is 9.98. The first kappa shape index (κ1) is 12.6. The average Bonchev–Trinajstić information content (AvgIpc) is 2.61. The number of nitrogens with zero attached hydrogens (tertiary/aromatic N) is 2. The van der Waals surface area contributed by atoms with Gasteiger partial charge in [-0.3, -0.25) is 15.5 Å². The second-order valence-electron chi connectivity index (χ2n) is 3.79. The highest BCUT2D eigenvalue weighted by Crippen LogP contribution is 2.19. The van der Waals surface area contributed by atoms with Gasteiger partial charge in [0.1, 0.15) is 5.49 Å². The molecule has 2 rings (SSSR count). The van der Waals surface area contributed by atoms with Gasteiger partial charge in [-0.2, -0.15) is 0 Å². The number of para-hydroxylation sites is 1. The molecule has 5 nitrogen and oxygen atoms in total. The van der Waals surface area contributed by atoms with E-state index in [9.17, 15) is 10.1 Å². The Balaban J connectivity index is 0.00000200. The molecule has 0 saturated carbocycles. The minimum Gasteiger partial charge on any atom is -0.283 e. The molecule has 0 fully saturated rings. The van der Waals surface area contributed by atoms with E-state index in [0.717, 1.165) is 0 Å². The number of rotatable bonds is 3. The maximum Gasteiger partial charge on any atom is 1.00 e. The Labute approximate surface area is 111 Å². The molecule has 0 atom stereocenters. The van der Waals surface area contributed by atoms with E-state index in [-0.39, 0.29) is 12.6 Å². The summed E-state index contributed by atoms with van der Waals surface area (Å²) in [6.45, 7) is 0. The van der Waals surface area contributed by atoms with Crippen LogP contribution in [0.1, 0.15) is 12.7 Å². The predicted octanol–water partition coefficient (Wildman–Crippen LogP) is 2.75. The van der Waals surface area contributed by atoms with Crippen LogP contribution in [0, 0.1) is 15.5 Å². The van der Waals surface area contributed by atoms with Crippen molar-refractivity contribution in [2.45, 2.75) is 0 Å². The van der Waals surface area contributed by atoms with Gasteiger partial charge in [-0.15, -0.1) is 0 Å². The number of benzene rings is 1. The molecule has 94 valence electrons. The Hall–Kier alpha value is -2.82. The normalized spacial score (nSPS) is 10.5. The van der Waals surface area contributed by atoms with Crippen molar-refractivity contribution in [3.63, 3.8) is 0 Å². The van der Waals surface area contributed by atoms with Gasteiger partial charge in [0.25, 0.3) is 5.69 Å². The summed E-state index contributed by atoms with van der Waals surface area (Å²) in [6, 6.07) is 13.3. The molecule has 0 amide bonds. The smallest absolute Gasteiger partial charge is 0.283 e. The van der Waals surface area contributed by atoms with Crippen LogP contribution in [0.25, 0.3) is 12.2 Å². The molecular weight excluding hydrogens is 242 g/mol. The van der Waals surface area contributed by atoms with Crippen LogP contribution < -0.4 is 5.49 Å². The number of nitro benzene ring substituents is 1. The van der Waals surface area contributed by atoms with E-state index < -0.39 is 4.92 Å². The number of nitrogens with one attached hydrogen (secondary N) is 1. The van der Waals surface area contributed by atoms with Crippen LogP contribution in [-0.2, 0) is 0 Å². The summed E-state index contributed by atoms with van der Waals surface area (Å²) in [7, 11) is 0. The van der Waals surface area contributed by atoms with Gasteiger partial charge in [0, 0.05) is 6.07 Å². The quantitative estimate of drug-likeness (QED) is 0.675. The number of hydrogen-bond donors (Lipinski definition) is 1. The minimum atomic E-state index is -0.423. The van der Waals surface area contributed by atoms with Gasteiger partial charge in [-0.25, -0.2) is 4.98 Å². The molecule has 0 spiro atoms. The lowest BCUT2D eigenvalue weighted by atomic mass is 10.1. The lowest BCUT2D eigenvalue weighted by Crippen LogP contribution is -2.00. The minimum absolute atomic E-state index is 0. The van der Waals surface area contributed by atoms with Crippen LogP contribution in [0.2, 0.25) is 0 Å². The average molecular weight is 254 g/mol. The van der Waals surface area contributed by atoms with E-state index in [4.69, 9.17) is 5.41 Å². The first-order valence-corrected chi connectivity index (χ1v) is 5.60. The van der Waals surface area contributed by atoms with Crippen LogP contribution in [0.15, 0.2) is 48.5 Å². The molecule has 0 unspecified atom stereocenters. The third-order valence-electron chi connectivity index (χ3n) is 2.45. The van der Waals surface area contributed by atoms with E-state index in [2.05, 4.69) is 4.98 Å². The lowest BCUT2D eigenvalue weighted by molar-refractivity contribution is -0.385. The van der Waals surface area contributed by atoms with E-state index in [1.54, 1.807) is 54.6 Å². The second-order valence-corrected chi connectivity index (χ2v) is 3.79. The monoisotopic (exact) mass is 254 g/mol. The van der Waals surface area contributed by atoms with Crippen LogP contribution in [0.5, 0.6) is 0 Å². The Morgan fingerprint density at radius 1 is 1.11 bits per heavy atom. The Bertz CT molecular complexity index is 702. The van der Waals surface area contributed by atoms with Crippen molar-refractivity contribution in [3.05, 3.63) is 75.4 Å². The second kappa shape index (κ2) is 5.68. The molecule has 0 aliphatic carbocycles. The molecule has 19 heavy (non-hydrogen) atoms. The van der Waals surface area contributed by atoms with Crippen LogP contribution in [0.4, 0.5) is 5.69 Å². The van der Waals surface area contributed by atoms with Gasteiger partial charge < -0.3 is 0 Å². The van der Waals surface area contributed by atoms with Crippen molar-refractivity contribution in [3.8, 4) is 0 Å². The van der Waals surface area contributed by atoms with Crippen LogP contribution in [0.3, 0.4) is 0 Å². The molecule has 0 bridgehead atoms. The number of aromatic nitrogens is 1. The third-order valence-corrected chi connectivity index (χ3v) is 2.45. The molecule has 0 aliphatic heterocycles. The number of nitro groups is 1. The zero-order valence-electron chi connectivity index (χ0n) is 11.0. The highest BCUT2D eigenvalue weighted by atomic mass is 16.6. The first-order valence-electron chi connectivity index (χ1n) is 5.60. The van der Waals surface area contributed by atoms with Crippen molar-refractivity contribution in [2.75, 3.05) is 0 Å². The Kier molecular flexibility index (Phi) is 3.78. The van der Waals surface area contributed by atoms with E-state index in [1.165, 1.54) is 6.07 Å². The van der Waals surface area contributed by atoms with Crippen LogP contribution >= 0.6 is 0 Å². The number of hydrogen-bond acceptors (Lipinski definition) is 4. The van der Waals surface area contributed by atoms with Crippen molar-refractivity contribution < 1.29 is 6.35 Å². The Morgan fingerprint density at radius 2 is 1.79 bits per heavy atom. The molecule has 1 N–H and O–H groups in total. The van der Waals surface area contributed by atoms with Gasteiger partial charge >= 0.3 is 1.43 Å². The molecule has 1 heterocycles. The maximum absolute atomic E-state index is 10.9. The predicted molar refractivity (Wildman–Crippen MR) is 73.2 cm³/mol. The maximum atomic E-state index is 10.9. The highest BCUT2D eigenvalue weighted by Gasteiger charge is 2.08. The summed E-state index contributed by atoms with van der Waals surface area (Å²) in [5.41, 5.74) is 1.28. The van der Waals surface area contributed by atoms with Crippen LogP contribution in [-0.4, -0.2) is 9.91 Å². The topological polar surface area (TPSA) is 79.9 Å². The third kappa shape index (κ3) is 3.32. The fourth-order valence-corrected chi connectivity index (χ4v) is 1.58. The fraction of sp³-hybridized carbons (Fsp3) is 0. The standard InChI is InChI=1S/C14H11N3O2/c15-14-8-4-2-6-12(16-14)10-9-11-5-1-3-7-13(11)17(18)19/h1-10,15H/p+1. The summed E-state index contributed by atoms with van der Waals surface area (Å²) in [5.74, 6) is 0. The van der Waals surface area contributed by atoms with Gasteiger partial charge in [0.2, 0.25) is 0 Å². The van der Waals surface area contributed by atoms with E-state index >= 15 is 0 Å². The molecule has 0 radical (unpaired) electrons.